The lowest BCUT2D eigenvalue weighted by atomic mass is 9.80. The maximum absolute atomic E-state index is 13.1. The van der Waals surface area contributed by atoms with E-state index in [-0.39, 0.29) is 41.0 Å². The molecule has 0 fully saturated rings. The van der Waals surface area contributed by atoms with E-state index in [9.17, 15) is 14.7 Å². The van der Waals surface area contributed by atoms with Crippen LogP contribution < -0.4 is 5.32 Å². The number of nitrogens with one attached hydrogen (secondary N) is 1. The molecule has 0 spiro atoms. The fraction of sp³-hybridized carbons (Fsp3) is 0.462. The van der Waals surface area contributed by atoms with Crippen molar-refractivity contribution in [1.82, 2.24) is 5.32 Å². The van der Waals surface area contributed by atoms with Crippen LogP contribution in [0.5, 0.6) is 0 Å². The fourth-order valence-electron chi connectivity index (χ4n) is 3.73. The van der Waals surface area contributed by atoms with Crippen LogP contribution >= 0.6 is 23.2 Å². The van der Waals surface area contributed by atoms with Gasteiger partial charge in [0.15, 0.2) is 0 Å². The first-order valence-corrected chi connectivity index (χ1v) is 12.2. The smallest absolute Gasteiger partial charge is 0.336 e. The summed E-state index contributed by atoms with van der Waals surface area (Å²) in [6.45, 7) is 5.58. The minimum Gasteiger partial charge on any atom is -0.466 e. The van der Waals surface area contributed by atoms with E-state index in [2.05, 4.69) is 17.2 Å². The summed E-state index contributed by atoms with van der Waals surface area (Å²) in [6, 6.07) is 5.00. The third kappa shape index (κ3) is 7.49. The SMILES string of the molecule is CCCCC(O)C#CCOCC1=C(C(=O)OCC)C(c2cccc(Cl)c2Cl)C(C(=O)OC)=C(C)N1. The van der Waals surface area contributed by atoms with E-state index in [0.29, 0.717) is 23.4 Å². The largest absolute Gasteiger partial charge is 0.466 e. The highest BCUT2D eigenvalue weighted by Crippen LogP contribution is 2.43. The van der Waals surface area contributed by atoms with Gasteiger partial charge in [0.1, 0.15) is 12.7 Å². The highest BCUT2D eigenvalue weighted by molar-refractivity contribution is 6.42. The van der Waals surface area contributed by atoms with Crippen LogP contribution in [0.25, 0.3) is 0 Å². The van der Waals surface area contributed by atoms with Crippen molar-refractivity contribution >= 4 is 35.1 Å². The Bertz CT molecular complexity index is 1050. The maximum Gasteiger partial charge on any atom is 0.336 e. The van der Waals surface area contributed by atoms with Gasteiger partial charge in [0.05, 0.1) is 53.1 Å². The summed E-state index contributed by atoms with van der Waals surface area (Å²) < 4.78 is 16.0. The van der Waals surface area contributed by atoms with Gasteiger partial charge in [-0.2, -0.15) is 0 Å². The van der Waals surface area contributed by atoms with Crippen molar-refractivity contribution in [3.63, 3.8) is 0 Å². The molecular formula is C26H31Cl2NO6. The van der Waals surface area contributed by atoms with Crippen LogP contribution in [-0.2, 0) is 23.8 Å². The van der Waals surface area contributed by atoms with Crippen molar-refractivity contribution in [3.8, 4) is 11.8 Å². The number of unbranched alkanes of at least 4 members (excludes halogenated alkanes) is 1. The molecule has 2 rings (SSSR count). The molecule has 0 bridgehead atoms. The van der Waals surface area contributed by atoms with E-state index < -0.39 is 24.0 Å². The van der Waals surface area contributed by atoms with Gasteiger partial charge >= 0.3 is 11.9 Å². The molecular weight excluding hydrogens is 493 g/mol. The lowest BCUT2D eigenvalue weighted by molar-refractivity contribution is -0.139. The number of allylic oxidation sites excluding steroid dienone is 1. The predicted molar refractivity (Wildman–Crippen MR) is 135 cm³/mol. The summed E-state index contributed by atoms with van der Waals surface area (Å²) in [5, 5.41) is 13.4. The zero-order valence-corrected chi connectivity index (χ0v) is 21.9. The molecule has 1 aromatic rings. The Balaban J connectivity index is 2.47. The molecule has 0 amide bonds. The first-order valence-electron chi connectivity index (χ1n) is 11.4. The molecule has 1 heterocycles. The van der Waals surface area contributed by atoms with E-state index in [1.165, 1.54) is 7.11 Å². The molecule has 9 heteroatoms. The van der Waals surface area contributed by atoms with E-state index in [1.807, 2.05) is 6.92 Å². The summed E-state index contributed by atoms with van der Waals surface area (Å²) >= 11 is 12.8. The van der Waals surface area contributed by atoms with Gasteiger partial charge in [-0.25, -0.2) is 9.59 Å². The van der Waals surface area contributed by atoms with Crippen molar-refractivity contribution < 1.29 is 28.9 Å². The van der Waals surface area contributed by atoms with E-state index in [4.69, 9.17) is 37.4 Å². The Morgan fingerprint density at radius 3 is 2.60 bits per heavy atom. The molecule has 35 heavy (non-hydrogen) atoms. The summed E-state index contributed by atoms with van der Waals surface area (Å²) in [5.41, 5.74) is 1.72. The number of carbonyl (C=O) groups excluding carboxylic acids is 2. The number of esters is 2. The zero-order chi connectivity index (χ0) is 26.0. The second kappa shape index (κ2) is 14.2. The average molecular weight is 524 g/mol. The molecule has 0 saturated heterocycles. The lowest BCUT2D eigenvalue weighted by Crippen LogP contribution is -2.34. The third-order valence-corrected chi connectivity index (χ3v) is 6.19. The number of methoxy groups -OCH3 is 1. The van der Waals surface area contributed by atoms with Gasteiger partial charge in [0, 0.05) is 5.70 Å². The van der Waals surface area contributed by atoms with Gasteiger partial charge in [0.25, 0.3) is 0 Å². The average Bonchev–Trinajstić information content (AvgIpc) is 2.83. The topological polar surface area (TPSA) is 94.1 Å². The quantitative estimate of drug-likeness (QED) is 0.264. The molecule has 2 N–H and O–H groups in total. The lowest BCUT2D eigenvalue weighted by Gasteiger charge is -2.31. The summed E-state index contributed by atoms with van der Waals surface area (Å²) in [4.78, 5) is 25.9. The first kappa shape index (κ1) is 28.7. The van der Waals surface area contributed by atoms with Crippen LogP contribution in [0.1, 0.15) is 51.5 Å². The number of benzene rings is 1. The van der Waals surface area contributed by atoms with Crippen molar-refractivity contribution in [3.05, 3.63) is 56.3 Å². The number of rotatable bonds is 10. The third-order valence-electron chi connectivity index (χ3n) is 5.36. The van der Waals surface area contributed by atoms with E-state index in [0.717, 1.165) is 12.8 Å². The van der Waals surface area contributed by atoms with Gasteiger partial charge in [-0.1, -0.05) is 66.9 Å². The van der Waals surface area contributed by atoms with Gasteiger partial charge in [-0.15, -0.1) is 0 Å². The Morgan fingerprint density at radius 1 is 1.20 bits per heavy atom. The molecule has 2 atom stereocenters. The Morgan fingerprint density at radius 2 is 1.94 bits per heavy atom. The van der Waals surface area contributed by atoms with E-state index in [1.54, 1.807) is 32.0 Å². The number of aliphatic hydroxyl groups excluding tert-OH is 1. The Hall–Kier alpha value is -2.50. The number of halogens is 2. The van der Waals surface area contributed by atoms with Crippen LogP contribution in [0.2, 0.25) is 10.0 Å². The highest BCUT2D eigenvalue weighted by atomic mass is 35.5. The molecule has 0 aromatic heterocycles. The first-order chi connectivity index (χ1) is 16.8. The standard InChI is InChI=1S/C26H31Cl2NO6/c1-5-7-10-17(30)11-9-14-34-15-20-23(26(32)35-6-2)22(18-12-8-13-19(27)24(18)28)21(16(3)29-20)25(31)33-4/h8,12-13,17,22,29-30H,5-7,10,14-15H2,1-4H3. The van der Waals surface area contributed by atoms with Gasteiger partial charge in [0.2, 0.25) is 0 Å². The van der Waals surface area contributed by atoms with Crippen molar-refractivity contribution in [1.29, 1.82) is 0 Å². The monoisotopic (exact) mass is 523 g/mol. The normalized spacial score (nSPS) is 16.3. The fourth-order valence-corrected chi connectivity index (χ4v) is 4.15. The van der Waals surface area contributed by atoms with Crippen molar-refractivity contribution in [2.75, 3.05) is 26.9 Å². The zero-order valence-electron chi connectivity index (χ0n) is 20.4. The van der Waals surface area contributed by atoms with Crippen molar-refractivity contribution in [2.45, 2.75) is 52.1 Å². The molecule has 1 aromatic carbocycles. The molecule has 0 saturated carbocycles. The van der Waals surface area contributed by atoms with E-state index >= 15 is 0 Å². The second-order valence-electron chi connectivity index (χ2n) is 7.82. The minimum atomic E-state index is -0.894. The summed E-state index contributed by atoms with van der Waals surface area (Å²) in [6.07, 6.45) is 1.76. The van der Waals surface area contributed by atoms with Crippen LogP contribution in [0, 0.1) is 11.8 Å². The van der Waals surface area contributed by atoms with Crippen LogP contribution in [0.4, 0.5) is 0 Å². The molecule has 2 unspecified atom stereocenters. The molecule has 1 aliphatic heterocycles. The highest BCUT2D eigenvalue weighted by Gasteiger charge is 2.40. The second-order valence-corrected chi connectivity index (χ2v) is 8.60. The van der Waals surface area contributed by atoms with Gasteiger partial charge < -0.3 is 24.6 Å². The predicted octanol–water partition coefficient (Wildman–Crippen LogP) is 4.52. The summed E-state index contributed by atoms with van der Waals surface area (Å²) in [7, 11) is 1.26. The summed E-state index contributed by atoms with van der Waals surface area (Å²) in [5.74, 6) is 3.40. The molecule has 190 valence electrons. The number of hydrogen-bond acceptors (Lipinski definition) is 7. The Labute approximate surface area is 216 Å². The van der Waals surface area contributed by atoms with Crippen LogP contribution in [-0.4, -0.2) is 50.1 Å². The minimum absolute atomic E-state index is 0.0195. The molecule has 7 nitrogen and oxygen atoms in total. The van der Waals surface area contributed by atoms with Gasteiger partial charge in [-0.3, -0.25) is 0 Å². The number of hydrogen-bond donors (Lipinski definition) is 2. The maximum atomic E-state index is 13.1. The Kier molecular flexibility index (Phi) is 11.6. The molecule has 0 radical (unpaired) electrons. The number of dihydropyridines is 1. The number of carbonyl (C=O) groups is 2. The van der Waals surface area contributed by atoms with Gasteiger partial charge in [-0.05, 0) is 31.9 Å². The number of ether oxygens (including phenoxy) is 3. The number of aliphatic hydroxyl groups is 1. The van der Waals surface area contributed by atoms with Crippen LogP contribution in [0.3, 0.4) is 0 Å². The molecule has 1 aliphatic rings. The van der Waals surface area contributed by atoms with Crippen LogP contribution in [0.15, 0.2) is 40.7 Å². The molecule has 0 aliphatic carbocycles. The van der Waals surface area contributed by atoms with Crippen molar-refractivity contribution in [2.24, 2.45) is 0 Å².